The Hall–Kier alpha value is -4.28. The van der Waals surface area contributed by atoms with Gasteiger partial charge in [-0.05, 0) is 60.1 Å². The third kappa shape index (κ3) is 6.83. The molecule has 4 aromatic rings. The lowest BCUT2D eigenvalue weighted by molar-refractivity contribution is 0.0526. The number of nitrogens with one attached hydrogen (secondary N) is 1. The highest BCUT2D eigenvalue weighted by Gasteiger charge is 2.21. The zero-order valence-corrected chi connectivity index (χ0v) is 24.4. The lowest BCUT2D eigenvalue weighted by Crippen LogP contribution is -2.33. The monoisotopic (exact) mass is 546 g/mol. The molecule has 0 bridgehead atoms. The molecule has 0 saturated carbocycles. The SMILES string of the molecule is CCn1ncc(CN(C)C(=O)c2nc(-c3cnn(CCCNC(=O)OC(C)(C)C)c3)nc3ccc(C)cc23)c1C. The minimum absolute atomic E-state index is 0.191. The summed E-state index contributed by atoms with van der Waals surface area (Å²) in [6.07, 6.45) is 5.58. The smallest absolute Gasteiger partial charge is 0.407 e. The highest BCUT2D eigenvalue weighted by Crippen LogP contribution is 2.24. The lowest BCUT2D eigenvalue weighted by atomic mass is 10.1. The van der Waals surface area contributed by atoms with E-state index in [1.165, 1.54) is 0 Å². The quantitative estimate of drug-likeness (QED) is 0.307. The van der Waals surface area contributed by atoms with Crippen molar-refractivity contribution < 1.29 is 14.3 Å². The maximum absolute atomic E-state index is 13.7. The predicted molar refractivity (Wildman–Crippen MR) is 153 cm³/mol. The maximum atomic E-state index is 13.7. The largest absolute Gasteiger partial charge is 0.444 e. The van der Waals surface area contributed by atoms with Crippen molar-refractivity contribution in [3.8, 4) is 11.4 Å². The molecule has 40 heavy (non-hydrogen) atoms. The number of amides is 2. The number of fused-ring (bicyclic) bond motifs is 1. The molecule has 1 aromatic carbocycles. The fourth-order valence-electron chi connectivity index (χ4n) is 4.35. The highest BCUT2D eigenvalue weighted by molar-refractivity contribution is 6.05. The van der Waals surface area contributed by atoms with Gasteiger partial charge in [0.2, 0.25) is 0 Å². The number of ether oxygens (including phenoxy) is 1. The summed E-state index contributed by atoms with van der Waals surface area (Å²) < 4.78 is 8.95. The standard InChI is InChI=1S/C29H38N8O3/c1-8-37-20(3)21(15-32-37)17-35(7)27(38)25-23-14-19(2)10-11-24(23)33-26(34-25)22-16-31-36(18-22)13-9-12-30-28(39)40-29(4,5)6/h10-11,14-16,18H,8-9,12-13,17H2,1-7H3,(H,30,39). The van der Waals surface area contributed by atoms with Crippen molar-refractivity contribution in [1.29, 1.82) is 0 Å². The Morgan fingerprint density at radius 2 is 1.88 bits per heavy atom. The fraction of sp³-hybridized carbons (Fsp3) is 0.448. The van der Waals surface area contributed by atoms with Crippen LogP contribution in [-0.2, 0) is 24.4 Å². The van der Waals surface area contributed by atoms with E-state index < -0.39 is 11.7 Å². The minimum atomic E-state index is -0.536. The minimum Gasteiger partial charge on any atom is -0.444 e. The molecule has 11 heteroatoms. The number of hydrogen-bond acceptors (Lipinski definition) is 7. The van der Waals surface area contributed by atoms with Gasteiger partial charge < -0.3 is 15.0 Å². The fourth-order valence-corrected chi connectivity index (χ4v) is 4.35. The van der Waals surface area contributed by atoms with Crippen LogP contribution in [-0.4, -0.2) is 65.6 Å². The Kier molecular flexibility index (Phi) is 8.51. The number of benzene rings is 1. The van der Waals surface area contributed by atoms with Crippen LogP contribution in [0, 0.1) is 13.8 Å². The number of rotatable bonds is 9. The molecule has 0 unspecified atom stereocenters. The average Bonchev–Trinajstić information content (AvgIpc) is 3.51. The van der Waals surface area contributed by atoms with Crippen LogP contribution >= 0.6 is 0 Å². The molecule has 0 radical (unpaired) electrons. The molecule has 1 N–H and O–H groups in total. The van der Waals surface area contributed by atoms with E-state index in [4.69, 9.17) is 14.7 Å². The van der Waals surface area contributed by atoms with Crippen LogP contribution in [0.2, 0.25) is 0 Å². The molecule has 4 rings (SSSR count). The van der Waals surface area contributed by atoms with E-state index in [1.54, 1.807) is 22.8 Å². The summed E-state index contributed by atoms with van der Waals surface area (Å²) in [6, 6.07) is 5.83. The summed E-state index contributed by atoms with van der Waals surface area (Å²) in [5, 5.41) is 12.3. The average molecular weight is 547 g/mol. The van der Waals surface area contributed by atoms with Gasteiger partial charge in [-0.1, -0.05) is 11.6 Å². The van der Waals surface area contributed by atoms with Crippen LogP contribution in [0.25, 0.3) is 22.3 Å². The molecular formula is C29H38N8O3. The number of hydrogen-bond donors (Lipinski definition) is 1. The van der Waals surface area contributed by atoms with Crippen LogP contribution in [0.15, 0.2) is 36.8 Å². The van der Waals surface area contributed by atoms with Crippen LogP contribution in [0.5, 0.6) is 0 Å². The number of aromatic nitrogens is 6. The van der Waals surface area contributed by atoms with Crippen molar-refractivity contribution in [3.63, 3.8) is 0 Å². The Bertz CT molecular complexity index is 1520. The van der Waals surface area contributed by atoms with Gasteiger partial charge in [0.15, 0.2) is 5.82 Å². The van der Waals surface area contributed by atoms with Gasteiger partial charge in [0.1, 0.15) is 11.3 Å². The van der Waals surface area contributed by atoms with E-state index >= 15 is 0 Å². The summed E-state index contributed by atoms with van der Waals surface area (Å²) in [6.45, 7) is 13.8. The Morgan fingerprint density at radius 1 is 1.10 bits per heavy atom. The van der Waals surface area contributed by atoms with E-state index in [-0.39, 0.29) is 5.91 Å². The second-order valence-electron chi connectivity index (χ2n) is 10.9. The molecule has 0 spiro atoms. The van der Waals surface area contributed by atoms with E-state index in [9.17, 15) is 9.59 Å². The first kappa shape index (κ1) is 28.7. The molecule has 3 heterocycles. The second-order valence-corrected chi connectivity index (χ2v) is 10.9. The van der Waals surface area contributed by atoms with Gasteiger partial charge in [-0.3, -0.25) is 14.2 Å². The molecule has 0 aliphatic rings. The van der Waals surface area contributed by atoms with Crippen molar-refractivity contribution in [1.82, 2.24) is 39.7 Å². The molecule has 0 atom stereocenters. The molecule has 0 aliphatic carbocycles. The molecular weight excluding hydrogens is 508 g/mol. The third-order valence-corrected chi connectivity index (χ3v) is 6.44. The first-order valence-corrected chi connectivity index (χ1v) is 13.5. The van der Waals surface area contributed by atoms with Crippen LogP contribution in [0.3, 0.4) is 0 Å². The van der Waals surface area contributed by atoms with Crippen LogP contribution in [0.1, 0.15) is 61.4 Å². The zero-order valence-electron chi connectivity index (χ0n) is 24.4. The van der Waals surface area contributed by atoms with Crippen molar-refractivity contribution in [2.45, 2.75) is 73.2 Å². The van der Waals surface area contributed by atoms with Gasteiger partial charge in [-0.15, -0.1) is 0 Å². The van der Waals surface area contributed by atoms with Gasteiger partial charge >= 0.3 is 6.09 Å². The van der Waals surface area contributed by atoms with Crippen molar-refractivity contribution in [2.75, 3.05) is 13.6 Å². The van der Waals surface area contributed by atoms with Gasteiger partial charge in [-0.25, -0.2) is 14.8 Å². The maximum Gasteiger partial charge on any atom is 0.407 e. The van der Waals surface area contributed by atoms with Gasteiger partial charge in [-0.2, -0.15) is 10.2 Å². The number of aryl methyl sites for hydroxylation is 3. The highest BCUT2D eigenvalue weighted by atomic mass is 16.6. The molecule has 0 aliphatic heterocycles. The normalized spacial score (nSPS) is 11.6. The van der Waals surface area contributed by atoms with Crippen molar-refractivity contribution >= 4 is 22.9 Å². The summed E-state index contributed by atoms with van der Waals surface area (Å²) in [4.78, 5) is 36.7. The second kappa shape index (κ2) is 11.8. The summed E-state index contributed by atoms with van der Waals surface area (Å²) in [7, 11) is 1.78. The third-order valence-electron chi connectivity index (χ3n) is 6.44. The van der Waals surface area contributed by atoms with E-state index in [2.05, 4.69) is 15.5 Å². The summed E-state index contributed by atoms with van der Waals surface area (Å²) >= 11 is 0. The zero-order chi connectivity index (χ0) is 29.0. The van der Waals surface area contributed by atoms with E-state index in [1.807, 2.05) is 76.8 Å². The van der Waals surface area contributed by atoms with Gasteiger partial charge in [0.05, 0.1) is 23.5 Å². The van der Waals surface area contributed by atoms with Crippen LogP contribution < -0.4 is 5.32 Å². The number of carbonyl (C=O) groups excluding carboxylic acids is 2. The van der Waals surface area contributed by atoms with Crippen molar-refractivity contribution in [3.05, 3.63) is 59.3 Å². The molecule has 3 aromatic heterocycles. The Balaban J connectivity index is 1.52. The molecule has 0 saturated heterocycles. The summed E-state index contributed by atoms with van der Waals surface area (Å²) in [5.41, 5.74) is 4.27. The molecule has 11 nitrogen and oxygen atoms in total. The lowest BCUT2D eigenvalue weighted by Gasteiger charge is -2.19. The first-order valence-electron chi connectivity index (χ1n) is 13.5. The Morgan fingerprint density at radius 3 is 2.58 bits per heavy atom. The number of carbonyl (C=O) groups is 2. The first-order chi connectivity index (χ1) is 18.9. The Labute approximate surface area is 234 Å². The topological polar surface area (TPSA) is 120 Å². The van der Waals surface area contributed by atoms with E-state index in [0.717, 1.165) is 23.4 Å². The molecule has 2 amide bonds. The van der Waals surface area contributed by atoms with Gasteiger partial charge in [0.25, 0.3) is 5.91 Å². The number of alkyl carbamates (subject to hydrolysis) is 1. The van der Waals surface area contributed by atoms with E-state index in [0.29, 0.717) is 54.0 Å². The summed E-state index contributed by atoms with van der Waals surface area (Å²) in [5.74, 6) is 0.240. The number of nitrogens with zero attached hydrogens (tertiary/aromatic N) is 7. The molecule has 0 fully saturated rings. The molecule has 212 valence electrons. The predicted octanol–water partition coefficient (Wildman–Crippen LogP) is 4.51. The van der Waals surface area contributed by atoms with Crippen molar-refractivity contribution in [2.24, 2.45) is 0 Å². The van der Waals surface area contributed by atoms with Crippen LogP contribution in [0.4, 0.5) is 4.79 Å². The van der Waals surface area contributed by atoms with Gasteiger partial charge in [0, 0.05) is 56.1 Å².